The Hall–Kier alpha value is -2.85. The van der Waals surface area contributed by atoms with Gasteiger partial charge in [-0.05, 0) is 12.1 Å². The summed E-state index contributed by atoms with van der Waals surface area (Å²) in [5.74, 6) is -1.00. The Kier molecular flexibility index (Phi) is 5.81. The van der Waals surface area contributed by atoms with Crippen LogP contribution in [0.25, 0.3) is 0 Å². The van der Waals surface area contributed by atoms with Crippen LogP contribution in [0.5, 0.6) is 0 Å². The van der Waals surface area contributed by atoms with Crippen molar-refractivity contribution in [2.24, 2.45) is 0 Å². The van der Waals surface area contributed by atoms with Gasteiger partial charge in [-0.3, -0.25) is 14.3 Å². The van der Waals surface area contributed by atoms with Crippen LogP contribution in [0.4, 0.5) is 4.39 Å². The molecule has 1 saturated heterocycles. The van der Waals surface area contributed by atoms with E-state index in [1.165, 1.54) is 12.1 Å². The average molecular weight is 403 g/mol. The van der Waals surface area contributed by atoms with Crippen LogP contribution in [0.1, 0.15) is 32.2 Å². The Bertz CT molecular complexity index is 893. The number of rotatable bonds is 5. The van der Waals surface area contributed by atoms with Crippen LogP contribution >= 0.6 is 0 Å². The molecule has 2 aromatic rings. The van der Waals surface area contributed by atoms with E-state index in [0.29, 0.717) is 64.7 Å². The lowest BCUT2D eigenvalue weighted by atomic mass is 10.1. The van der Waals surface area contributed by atoms with E-state index >= 15 is 0 Å². The van der Waals surface area contributed by atoms with E-state index in [0.717, 1.165) is 17.5 Å². The Labute approximate surface area is 166 Å². The third-order valence-corrected chi connectivity index (χ3v) is 4.97. The molecule has 1 N–H and O–H groups in total. The highest BCUT2D eigenvalue weighted by atomic mass is 19.1. The summed E-state index contributed by atoms with van der Waals surface area (Å²) < 4.78 is 25.6. The van der Waals surface area contributed by atoms with Crippen LogP contribution in [0.15, 0.2) is 18.3 Å². The standard InChI is InChI=1S/C19H22FN5O4/c20-13-1-2-15(22-11-13)18(26)21-4-5-25-16-3-8-29-12-14(16)17(23-25)19(27)24-6-9-28-10-7-24/h1-2,11H,3-10,12H2,(H,21,26). The van der Waals surface area contributed by atoms with Gasteiger partial charge in [-0.1, -0.05) is 0 Å². The topological polar surface area (TPSA) is 98.6 Å². The molecule has 2 aliphatic heterocycles. The fourth-order valence-electron chi connectivity index (χ4n) is 3.46. The summed E-state index contributed by atoms with van der Waals surface area (Å²) in [5.41, 5.74) is 2.33. The van der Waals surface area contributed by atoms with Gasteiger partial charge in [-0.2, -0.15) is 5.10 Å². The molecule has 0 atom stereocenters. The quantitative estimate of drug-likeness (QED) is 0.776. The number of carbonyl (C=O) groups excluding carboxylic acids is 2. The Balaban J connectivity index is 1.44. The molecule has 4 heterocycles. The lowest BCUT2D eigenvalue weighted by molar-refractivity contribution is 0.0294. The van der Waals surface area contributed by atoms with Gasteiger partial charge in [-0.15, -0.1) is 0 Å². The molecule has 0 aliphatic carbocycles. The number of amides is 2. The Morgan fingerprint density at radius 1 is 1.17 bits per heavy atom. The van der Waals surface area contributed by atoms with E-state index in [1.807, 2.05) is 0 Å². The minimum Gasteiger partial charge on any atom is -0.378 e. The summed E-state index contributed by atoms with van der Waals surface area (Å²) in [7, 11) is 0. The van der Waals surface area contributed by atoms with Crippen LogP contribution in [-0.4, -0.2) is 70.9 Å². The number of hydrogen-bond donors (Lipinski definition) is 1. The molecule has 0 radical (unpaired) electrons. The molecule has 1 fully saturated rings. The van der Waals surface area contributed by atoms with Gasteiger partial charge in [0.15, 0.2) is 5.69 Å². The van der Waals surface area contributed by atoms with Crippen molar-refractivity contribution in [3.8, 4) is 0 Å². The van der Waals surface area contributed by atoms with Crippen molar-refractivity contribution >= 4 is 11.8 Å². The number of hydrogen-bond acceptors (Lipinski definition) is 6. The zero-order valence-electron chi connectivity index (χ0n) is 15.9. The van der Waals surface area contributed by atoms with E-state index in [1.54, 1.807) is 9.58 Å². The van der Waals surface area contributed by atoms with Gasteiger partial charge in [0.2, 0.25) is 0 Å². The van der Waals surface area contributed by atoms with Gasteiger partial charge in [0, 0.05) is 37.3 Å². The van der Waals surface area contributed by atoms with Crippen LogP contribution in [0.3, 0.4) is 0 Å². The van der Waals surface area contributed by atoms with Crippen molar-refractivity contribution in [1.29, 1.82) is 0 Å². The SMILES string of the molecule is O=C(NCCn1nc(C(=O)N2CCOCC2)c2c1CCOC2)c1ccc(F)cn1. The smallest absolute Gasteiger partial charge is 0.274 e. The maximum Gasteiger partial charge on any atom is 0.274 e. The van der Waals surface area contributed by atoms with E-state index in [9.17, 15) is 14.0 Å². The first-order valence-electron chi connectivity index (χ1n) is 9.56. The van der Waals surface area contributed by atoms with Gasteiger partial charge < -0.3 is 19.7 Å². The Morgan fingerprint density at radius 2 is 2.00 bits per heavy atom. The van der Waals surface area contributed by atoms with Gasteiger partial charge >= 0.3 is 0 Å². The van der Waals surface area contributed by atoms with Gasteiger partial charge in [0.25, 0.3) is 11.8 Å². The van der Waals surface area contributed by atoms with Crippen molar-refractivity contribution in [1.82, 2.24) is 25.0 Å². The number of nitrogens with one attached hydrogen (secondary N) is 1. The lowest BCUT2D eigenvalue weighted by Gasteiger charge is -2.26. The fourth-order valence-corrected chi connectivity index (χ4v) is 3.46. The van der Waals surface area contributed by atoms with Gasteiger partial charge in [0.1, 0.15) is 11.5 Å². The molecule has 2 aromatic heterocycles. The Morgan fingerprint density at radius 3 is 2.76 bits per heavy atom. The zero-order valence-corrected chi connectivity index (χ0v) is 15.9. The number of halogens is 1. The van der Waals surface area contributed by atoms with Crippen LogP contribution in [-0.2, 0) is 29.0 Å². The highest BCUT2D eigenvalue weighted by Crippen LogP contribution is 2.22. The first-order chi connectivity index (χ1) is 14.1. The minimum atomic E-state index is -0.496. The lowest BCUT2D eigenvalue weighted by Crippen LogP contribution is -2.41. The molecule has 0 spiro atoms. The highest BCUT2D eigenvalue weighted by molar-refractivity contribution is 5.94. The third kappa shape index (κ3) is 4.28. The summed E-state index contributed by atoms with van der Waals surface area (Å²) >= 11 is 0. The summed E-state index contributed by atoms with van der Waals surface area (Å²) in [5, 5.41) is 7.28. The molecule has 4 rings (SSSR count). The van der Waals surface area contributed by atoms with E-state index in [4.69, 9.17) is 9.47 Å². The molecule has 2 amide bonds. The van der Waals surface area contributed by atoms with Crippen molar-refractivity contribution < 1.29 is 23.5 Å². The molecule has 0 bridgehead atoms. The average Bonchev–Trinajstić information content (AvgIpc) is 3.13. The number of morpholine rings is 1. The molecule has 154 valence electrons. The number of carbonyl (C=O) groups is 2. The maximum absolute atomic E-state index is 12.9. The van der Waals surface area contributed by atoms with E-state index in [2.05, 4.69) is 15.4 Å². The predicted octanol–water partition coefficient (Wildman–Crippen LogP) is 0.392. The number of fused-ring (bicyclic) bond motifs is 1. The molecule has 29 heavy (non-hydrogen) atoms. The number of ether oxygens (including phenoxy) is 2. The van der Waals surface area contributed by atoms with Gasteiger partial charge in [-0.25, -0.2) is 9.37 Å². The summed E-state index contributed by atoms with van der Waals surface area (Å²) in [6.07, 6.45) is 1.66. The number of pyridine rings is 1. The zero-order chi connectivity index (χ0) is 20.2. The third-order valence-electron chi connectivity index (χ3n) is 4.97. The predicted molar refractivity (Wildman–Crippen MR) is 98.8 cm³/mol. The molecule has 10 heteroatoms. The number of aromatic nitrogens is 3. The largest absolute Gasteiger partial charge is 0.378 e. The highest BCUT2D eigenvalue weighted by Gasteiger charge is 2.29. The van der Waals surface area contributed by atoms with Crippen LogP contribution < -0.4 is 5.32 Å². The monoisotopic (exact) mass is 403 g/mol. The first-order valence-corrected chi connectivity index (χ1v) is 9.56. The van der Waals surface area contributed by atoms with E-state index in [-0.39, 0.29) is 17.5 Å². The molecule has 0 saturated carbocycles. The second-order valence-corrected chi connectivity index (χ2v) is 6.82. The summed E-state index contributed by atoms with van der Waals surface area (Å²) in [6, 6.07) is 2.52. The molecule has 0 unspecified atom stereocenters. The van der Waals surface area contributed by atoms with Crippen molar-refractivity contribution in [2.45, 2.75) is 19.6 Å². The van der Waals surface area contributed by atoms with Crippen molar-refractivity contribution in [2.75, 3.05) is 39.5 Å². The van der Waals surface area contributed by atoms with Crippen molar-refractivity contribution in [3.05, 3.63) is 46.8 Å². The van der Waals surface area contributed by atoms with E-state index < -0.39 is 5.82 Å². The normalized spacial score (nSPS) is 16.4. The molecule has 9 nitrogen and oxygen atoms in total. The number of nitrogens with zero attached hydrogens (tertiary/aromatic N) is 4. The second-order valence-electron chi connectivity index (χ2n) is 6.82. The maximum atomic E-state index is 12.9. The van der Waals surface area contributed by atoms with Crippen LogP contribution in [0.2, 0.25) is 0 Å². The summed E-state index contributed by atoms with van der Waals surface area (Å²) in [6.45, 7) is 3.76. The van der Waals surface area contributed by atoms with Crippen molar-refractivity contribution in [3.63, 3.8) is 0 Å². The molecular weight excluding hydrogens is 381 g/mol. The first kappa shape index (κ1) is 19.5. The molecule has 2 aliphatic rings. The second kappa shape index (κ2) is 8.66. The summed E-state index contributed by atoms with van der Waals surface area (Å²) in [4.78, 5) is 30.6. The molecular formula is C19H22FN5O4. The van der Waals surface area contributed by atoms with Crippen LogP contribution in [0, 0.1) is 5.82 Å². The minimum absolute atomic E-state index is 0.117. The molecule has 0 aromatic carbocycles. The fraction of sp³-hybridized carbons (Fsp3) is 0.474. The van der Waals surface area contributed by atoms with Gasteiger partial charge in [0.05, 0.1) is 39.2 Å².